The molecule has 4 rings (SSSR count). The Morgan fingerprint density at radius 2 is 2.24 bits per heavy atom. The fourth-order valence-electron chi connectivity index (χ4n) is 3.27. The summed E-state index contributed by atoms with van der Waals surface area (Å²) >= 11 is 1.62. The molecule has 1 atom stereocenters. The van der Waals surface area contributed by atoms with Gasteiger partial charge in [-0.3, -0.25) is 14.6 Å². The first-order valence-electron chi connectivity index (χ1n) is 8.48. The highest BCUT2D eigenvalue weighted by atomic mass is 32.1. The van der Waals surface area contributed by atoms with Gasteiger partial charge in [0.2, 0.25) is 0 Å². The van der Waals surface area contributed by atoms with E-state index in [1.54, 1.807) is 29.9 Å². The molecule has 0 saturated carbocycles. The molecule has 0 amide bonds. The first-order chi connectivity index (χ1) is 12.3. The van der Waals surface area contributed by atoms with Crippen molar-refractivity contribution in [1.29, 1.82) is 0 Å². The fourth-order valence-corrected chi connectivity index (χ4v) is 4.04. The second-order valence-electron chi connectivity index (χ2n) is 6.30. The summed E-state index contributed by atoms with van der Waals surface area (Å²) in [5.41, 5.74) is 2.39. The molecule has 0 bridgehead atoms. The number of nitrogens with one attached hydrogen (secondary N) is 1. The number of piperidine rings is 1. The monoisotopic (exact) mass is 355 g/mol. The number of rotatable bonds is 5. The van der Waals surface area contributed by atoms with E-state index in [1.165, 1.54) is 18.4 Å². The quantitative estimate of drug-likeness (QED) is 0.758. The molecule has 1 N–H and O–H groups in total. The maximum absolute atomic E-state index is 4.80. The molecule has 1 aliphatic heterocycles. The minimum Gasteiger partial charge on any atom is -0.315 e. The normalized spacial score (nSPS) is 18.4. The van der Waals surface area contributed by atoms with Gasteiger partial charge in [0, 0.05) is 43.1 Å². The van der Waals surface area contributed by atoms with Crippen molar-refractivity contribution in [2.45, 2.75) is 31.8 Å². The van der Waals surface area contributed by atoms with Crippen LogP contribution in [0.2, 0.25) is 0 Å². The molecular weight excluding hydrogens is 334 g/mol. The second-order valence-corrected chi connectivity index (χ2v) is 7.16. The van der Waals surface area contributed by atoms with Crippen LogP contribution in [0.15, 0.2) is 36.4 Å². The molecule has 0 radical (unpaired) electrons. The molecule has 7 nitrogen and oxygen atoms in total. The first kappa shape index (κ1) is 16.2. The number of aromatic nitrogens is 5. The van der Waals surface area contributed by atoms with Crippen LogP contribution < -0.4 is 5.32 Å². The molecule has 4 heterocycles. The topological polar surface area (TPSA) is 71.8 Å². The third kappa shape index (κ3) is 3.85. The Bertz CT molecular complexity index is 813. The van der Waals surface area contributed by atoms with Gasteiger partial charge in [0.15, 0.2) is 10.9 Å². The van der Waals surface area contributed by atoms with E-state index < -0.39 is 0 Å². The number of likely N-dealkylation sites (tertiary alicyclic amines) is 1. The Morgan fingerprint density at radius 1 is 1.28 bits per heavy atom. The third-order valence-corrected chi connectivity index (χ3v) is 5.20. The molecule has 1 aliphatic rings. The molecule has 0 aromatic carbocycles. The van der Waals surface area contributed by atoms with E-state index in [1.807, 2.05) is 17.9 Å². The van der Waals surface area contributed by atoms with Crippen molar-refractivity contribution in [1.82, 2.24) is 29.6 Å². The highest BCUT2D eigenvalue weighted by Gasteiger charge is 2.26. The van der Waals surface area contributed by atoms with E-state index >= 15 is 0 Å². The van der Waals surface area contributed by atoms with Crippen LogP contribution in [0, 0.1) is 0 Å². The van der Waals surface area contributed by atoms with E-state index in [9.17, 15) is 0 Å². The summed E-state index contributed by atoms with van der Waals surface area (Å²) in [6, 6.07) is 0.364. The van der Waals surface area contributed by atoms with Gasteiger partial charge >= 0.3 is 0 Å². The predicted octanol–water partition coefficient (Wildman–Crippen LogP) is 3.14. The minimum atomic E-state index is 0.364. The molecule has 0 aliphatic carbocycles. The Kier molecular flexibility index (Phi) is 4.71. The van der Waals surface area contributed by atoms with Crippen molar-refractivity contribution < 1.29 is 0 Å². The zero-order valence-corrected chi connectivity index (χ0v) is 15.0. The molecule has 25 heavy (non-hydrogen) atoms. The van der Waals surface area contributed by atoms with Crippen molar-refractivity contribution in [3.63, 3.8) is 0 Å². The van der Waals surface area contributed by atoms with E-state index in [0.29, 0.717) is 6.04 Å². The maximum atomic E-state index is 4.80. The number of anilines is 2. The first-order valence-corrected chi connectivity index (χ1v) is 9.36. The van der Waals surface area contributed by atoms with Crippen LogP contribution in [0.1, 0.15) is 36.6 Å². The molecule has 3 aromatic rings. The molecular formula is C17H21N7S. The number of hydrogen-bond acceptors (Lipinski definition) is 7. The molecule has 1 fully saturated rings. The van der Waals surface area contributed by atoms with Gasteiger partial charge in [0.1, 0.15) is 0 Å². The summed E-state index contributed by atoms with van der Waals surface area (Å²) in [5, 5.41) is 10.5. The molecule has 3 aromatic heterocycles. The number of hydrogen-bond donors (Lipinski definition) is 1. The highest BCUT2D eigenvalue weighted by molar-refractivity contribution is 7.13. The van der Waals surface area contributed by atoms with Crippen molar-refractivity contribution in [3.8, 4) is 0 Å². The summed E-state index contributed by atoms with van der Waals surface area (Å²) < 4.78 is 1.86. The van der Waals surface area contributed by atoms with Gasteiger partial charge in [-0.05, 0) is 19.4 Å². The average molecular weight is 355 g/mol. The van der Waals surface area contributed by atoms with E-state index in [0.717, 1.165) is 36.2 Å². The van der Waals surface area contributed by atoms with Crippen molar-refractivity contribution in [2.24, 2.45) is 7.05 Å². The van der Waals surface area contributed by atoms with Gasteiger partial charge in [-0.2, -0.15) is 5.10 Å². The SMILES string of the molecule is Cn1cc(CN2CCCCC2c2csc(Nc3cnccn3)n2)cn1. The van der Waals surface area contributed by atoms with Gasteiger partial charge in [-0.25, -0.2) is 9.97 Å². The summed E-state index contributed by atoms with van der Waals surface area (Å²) in [4.78, 5) is 15.6. The van der Waals surface area contributed by atoms with Crippen LogP contribution in [-0.4, -0.2) is 36.2 Å². The van der Waals surface area contributed by atoms with Crippen LogP contribution in [0.5, 0.6) is 0 Å². The Hall–Kier alpha value is -2.32. The summed E-state index contributed by atoms with van der Waals surface area (Å²) in [5.74, 6) is 0.722. The lowest BCUT2D eigenvalue weighted by Crippen LogP contribution is -2.33. The molecule has 0 spiro atoms. The third-order valence-electron chi connectivity index (χ3n) is 4.42. The van der Waals surface area contributed by atoms with Gasteiger partial charge in [-0.1, -0.05) is 6.42 Å². The standard InChI is InChI=1S/C17H21N7S/c1-23-10-13(8-20-23)11-24-7-3-2-4-15(24)14-12-25-17(21-14)22-16-9-18-5-6-19-16/h5-6,8-10,12,15H,2-4,7,11H2,1H3,(H,19,21,22). The second kappa shape index (κ2) is 7.28. The highest BCUT2D eigenvalue weighted by Crippen LogP contribution is 2.34. The predicted molar refractivity (Wildman–Crippen MR) is 97.6 cm³/mol. The Morgan fingerprint density at radius 3 is 3.04 bits per heavy atom. The fraction of sp³-hybridized carbons (Fsp3) is 0.412. The average Bonchev–Trinajstić information content (AvgIpc) is 3.25. The van der Waals surface area contributed by atoms with Crippen LogP contribution in [-0.2, 0) is 13.6 Å². The summed E-state index contributed by atoms with van der Waals surface area (Å²) in [6.45, 7) is 2.02. The number of thiazole rings is 1. The van der Waals surface area contributed by atoms with E-state index in [2.05, 4.69) is 36.9 Å². The molecule has 8 heteroatoms. The Labute approximate surface area is 150 Å². The van der Waals surface area contributed by atoms with Gasteiger partial charge in [0.05, 0.1) is 24.1 Å². The van der Waals surface area contributed by atoms with Crippen LogP contribution in [0.3, 0.4) is 0 Å². The summed E-state index contributed by atoms with van der Waals surface area (Å²) in [6.07, 6.45) is 12.7. The molecule has 1 unspecified atom stereocenters. The van der Waals surface area contributed by atoms with Crippen molar-refractivity contribution in [2.75, 3.05) is 11.9 Å². The lowest BCUT2D eigenvalue weighted by atomic mass is 9.99. The smallest absolute Gasteiger partial charge is 0.188 e. The lowest BCUT2D eigenvalue weighted by Gasteiger charge is -2.34. The zero-order valence-electron chi connectivity index (χ0n) is 14.2. The van der Waals surface area contributed by atoms with Gasteiger partial charge < -0.3 is 5.32 Å². The summed E-state index contributed by atoms with van der Waals surface area (Å²) in [7, 11) is 1.96. The van der Waals surface area contributed by atoms with Gasteiger partial charge in [-0.15, -0.1) is 11.3 Å². The van der Waals surface area contributed by atoms with Gasteiger partial charge in [0.25, 0.3) is 0 Å². The van der Waals surface area contributed by atoms with Crippen LogP contribution in [0.4, 0.5) is 10.9 Å². The number of aryl methyl sites for hydroxylation is 1. The van der Waals surface area contributed by atoms with E-state index in [4.69, 9.17) is 4.98 Å². The number of nitrogens with zero attached hydrogens (tertiary/aromatic N) is 6. The largest absolute Gasteiger partial charge is 0.315 e. The lowest BCUT2D eigenvalue weighted by molar-refractivity contribution is 0.138. The molecule has 130 valence electrons. The molecule has 1 saturated heterocycles. The van der Waals surface area contributed by atoms with Crippen molar-refractivity contribution >= 4 is 22.3 Å². The maximum Gasteiger partial charge on any atom is 0.188 e. The van der Waals surface area contributed by atoms with E-state index in [-0.39, 0.29) is 0 Å². The van der Waals surface area contributed by atoms with Crippen LogP contribution >= 0.6 is 11.3 Å². The van der Waals surface area contributed by atoms with Crippen molar-refractivity contribution in [3.05, 3.63) is 47.6 Å². The van der Waals surface area contributed by atoms with Crippen LogP contribution in [0.25, 0.3) is 0 Å². The zero-order chi connectivity index (χ0) is 17.1. The Balaban J connectivity index is 1.48. The minimum absolute atomic E-state index is 0.364.